The Balaban J connectivity index is 1.47. The summed E-state index contributed by atoms with van der Waals surface area (Å²) < 4.78 is 43.7. The van der Waals surface area contributed by atoms with Crippen molar-refractivity contribution in [2.24, 2.45) is 0 Å². The van der Waals surface area contributed by atoms with Crippen LogP contribution in [0.1, 0.15) is 37.0 Å². The van der Waals surface area contributed by atoms with E-state index in [1.807, 2.05) is 0 Å². The van der Waals surface area contributed by atoms with Crippen LogP contribution in [0.4, 0.5) is 13.2 Å². The Morgan fingerprint density at radius 2 is 1.83 bits per heavy atom. The van der Waals surface area contributed by atoms with Gasteiger partial charge in [0, 0.05) is 30.6 Å². The van der Waals surface area contributed by atoms with Gasteiger partial charge in [-0.3, -0.25) is 9.69 Å². The van der Waals surface area contributed by atoms with E-state index in [9.17, 15) is 23.1 Å². The number of rotatable bonds is 4. The van der Waals surface area contributed by atoms with Gasteiger partial charge in [0.15, 0.2) is 0 Å². The molecule has 2 aromatic heterocycles. The average Bonchev–Trinajstić information content (AvgIpc) is 2.82. The summed E-state index contributed by atoms with van der Waals surface area (Å²) in [6.07, 6.45) is -3.49. The standard InChI is InChI=1S/C25H27F3N4O3/c1-24(2,3)32-11-10-31(14-17(32)15-33)23(34)21-7-4-16-12-18(5-8-20(16)30-21)35-19-6-9-22(29-13-19)25(26,27)28/h4-9,12-13,17,33H,10-11,14-15H2,1-3H3/t17-/m1/s1. The third-order valence-electron chi connectivity index (χ3n) is 5.98. The fraction of sp³-hybridized carbons (Fsp3) is 0.400. The van der Waals surface area contributed by atoms with Gasteiger partial charge >= 0.3 is 6.18 Å². The van der Waals surface area contributed by atoms with Gasteiger partial charge < -0.3 is 14.7 Å². The number of aliphatic hydroxyl groups is 1. The number of fused-ring (bicyclic) bond motifs is 1. The number of carbonyl (C=O) groups excluding carboxylic acids is 1. The van der Waals surface area contributed by atoms with E-state index in [1.54, 1.807) is 35.2 Å². The third-order valence-corrected chi connectivity index (χ3v) is 5.98. The van der Waals surface area contributed by atoms with Crippen molar-refractivity contribution in [3.8, 4) is 11.5 Å². The second-order valence-electron chi connectivity index (χ2n) is 9.48. The Morgan fingerprint density at radius 3 is 2.46 bits per heavy atom. The maximum atomic E-state index is 13.1. The lowest BCUT2D eigenvalue weighted by atomic mass is 10.0. The second-order valence-corrected chi connectivity index (χ2v) is 9.48. The number of pyridine rings is 2. The molecule has 0 bridgehead atoms. The molecule has 7 nitrogen and oxygen atoms in total. The lowest BCUT2D eigenvalue weighted by Crippen LogP contribution is -2.61. The van der Waals surface area contributed by atoms with Gasteiger partial charge in [-0.05, 0) is 57.2 Å². The first-order chi connectivity index (χ1) is 16.5. The highest BCUT2D eigenvalue weighted by Gasteiger charge is 2.35. The molecule has 1 fully saturated rings. The van der Waals surface area contributed by atoms with E-state index in [2.05, 4.69) is 35.6 Å². The topological polar surface area (TPSA) is 78.8 Å². The highest BCUT2D eigenvalue weighted by molar-refractivity contribution is 5.95. The van der Waals surface area contributed by atoms with E-state index >= 15 is 0 Å². The number of alkyl halides is 3. The van der Waals surface area contributed by atoms with Crippen LogP contribution in [-0.2, 0) is 6.18 Å². The summed E-state index contributed by atoms with van der Waals surface area (Å²) in [6.45, 7) is 7.84. The molecule has 3 heterocycles. The molecular weight excluding hydrogens is 461 g/mol. The van der Waals surface area contributed by atoms with Crippen LogP contribution in [0.5, 0.6) is 11.5 Å². The summed E-state index contributed by atoms with van der Waals surface area (Å²) in [4.78, 5) is 24.9. The first-order valence-electron chi connectivity index (χ1n) is 11.2. The number of amides is 1. The number of ether oxygens (including phenoxy) is 1. The maximum absolute atomic E-state index is 13.1. The van der Waals surface area contributed by atoms with E-state index in [1.165, 1.54) is 6.07 Å². The number of nitrogens with zero attached hydrogens (tertiary/aromatic N) is 4. The molecule has 1 N–H and O–H groups in total. The second kappa shape index (κ2) is 9.43. The zero-order chi connectivity index (χ0) is 25.4. The average molecular weight is 489 g/mol. The molecule has 0 aliphatic carbocycles. The first-order valence-corrected chi connectivity index (χ1v) is 11.2. The Kier molecular flexibility index (Phi) is 6.70. The predicted molar refractivity (Wildman–Crippen MR) is 124 cm³/mol. The number of hydrogen-bond acceptors (Lipinski definition) is 6. The largest absolute Gasteiger partial charge is 0.456 e. The number of carbonyl (C=O) groups is 1. The van der Waals surface area contributed by atoms with E-state index in [4.69, 9.17) is 4.74 Å². The van der Waals surface area contributed by atoms with Crippen LogP contribution in [0.2, 0.25) is 0 Å². The number of hydrogen-bond donors (Lipinski definition) is 1. The first kappa shape index (κ1) is 24.9. The van der Waals surface area contributed by atoms with Crippen LogP contribution in [0.3, 0.4) is 0 Å². The molecule has 0 unspecified atom stereocenters. The monoisotopic (exact) mass is 488 g/mol. The quantitative estimate of drug-likeness (QED) is 0.588. The smallest absolute Gasteiger partial charge is 0.433 e. The van der Waals surface area contributed by atoms with Gasteiger partial charge in [0.1, 0.15) is 22.9 Å². The Morgan fingerprint density at radius 1 is 1.09 bits per heavy atom. The lowest BCUT2D eigenvalue weighted by Gasteiger charge is -2.47. The molecule has 0 radical (unpaired) electrons. The van der Waals surface area contributed by atoms with Crippen molar-refractivity contribution >= 4 is 16.8 Å². The van der Waals surface area contributed by atoms with Gasteiger partial charge in [-0.1, -0.05) is 6.07 Å². The summed E-state index contributed by atoms with van der Waals surface area (Å²) in [6, 6.07) is 10.3. The molecular formula is C25H27F3N4O3. The number of aromatic nitrogens is 2. The van der Waals surface area contributed by atoms with Crippen molar-refractivity contribution in [2.45, 2.75) is 38.5 Å². The number of halogens is 3. The highest BCUT2D eigenvalue weighted by Crippen LogP contribution is 2.30. The number of piperazine rings is 1. The van der Waals surface area contributed by atoms with Crippen LogP contribution in [0.15, 0.2) is 48.7 Å². The number of benzene rings is 1. The maximum Gasteiger partial charge on any atom is 0.433 e. The van der Waals surface area contributed by atoms with Crippen molar-refractivity contribution in [3.63, 3.8) is 0 Å². The summed E-state index contributed by atoms with van der Waals surface area (Å²) in [5.41, 5.74) is -0.213. The molecule has 35 heavy (non-hydrogen) atoms. The molecule has 10 heteroatoms. The van der Waals surface area contributed by atoms with Gasteiger partial charge in [-0.25, -0.2) is 9.97 Å². The van der Waals surface area contributed by atoms with Gasteiger partial charge in [-0.2, -0.15) is 13.2 Å². The van der Waals surface area contributed by atoms with Crippen LogP contribution < -0.4 is 4.74 Å². The van der Waals surface area contributed by atoms with Crippen molar-refractivity contribution in [2.75, 3.05) is 26.2 Å². The molecule has 4 rings (SSSR count). The predicted octanol–water partition coefficient (Wildman–Crippen LogP) is 4.36. The number of aliphatic hydroxyl groups excluding tert-OH is 1. The molecule has 1 aliphatic rings. The normalized spacial score (nSPS) is 17.6. The summed E-state index contributed by atoms with van der Waals surface area (Å²) in [7, 11) is 0. The van der Waals surface area contributed by atoms with E-state index < -0.39 is 11.9 Å². The Labute approximate surface area is 201 Å². The van der Waals surface area contributed by atoms with Gasteiger partial charge in [-0.15, -0.1) is 0 Å². The van der Waals surface area contributed by atoms with Crippen LogP contribution in [0, 0.1) is 0 Å². The lowest BCUT2D eigenvalue weighted by molar-refractivity contribution is -0.141. The molecule has 1 aliphatic heterocycles. The molecule has 1 aromatic carbocycles. The molecule has 1 atom stereocenters. The highest BCUT2D eigenvalue weighted by atomic mass is 19.4. The molecule has 0 saturated carbocycles. The minimum Gasteiger partial charge on any atom is -0.456 e. The van der Waals surface area contributed by atoms with E-state index in [0.29, 0.717) is 42.0 Å². The summed E-state index contributed by atoms with van der Waals surface area (Å²) in [5, 5.41) is 10.6. The zero-order valence-corrected chi connectivity index (χ0v) is 19.7. The molecule has 186 valence electrons. The van der Waals surface area contributed by atoms with Crippen LogP contribution >= 0.6 is 0 Å². The van der Waals surface area contributed by atoms with E-state index in [0.717, 1.165) is 12.3 Å². The fourth-order valence-electron chi connectivity index (χ4n) is 4.27. The van der Waals surface area contributed by atoms with Crippen molar-refractivity contribution in [1.29, 1.82) is 0 Å². The van der Waals surface area contributed by atoms with Crippen LogP contribution in [-0.4, -0.2) is 68.6 Å². The van der Waals surface area contributed by atoms with Gasteiger partial charge in [0.2, 0.25) is 0 Å². The van der Waals surface area contributed by atoms with Crippen molar-refractivity contribution in [1.82, 2.24) is 19.8 Å². The minimum atomic E-state index is -4.51. The SMILES string of the molecule is CC(C)(C)N1CCN(C(=O)c2ccc3cc(Oc4ccc(C(F)(F)F)nc4)ccc3n2)C[C@@H]1CO. The van der Waals surface area contributed by atoms with Crippen LogP contribution in [0.25, 0.3) is 10.9 Å². The summed E-state index contributed by atoms with van der Waals surface area (Å²) in [5.74, 6) is 0.379. The van der Waals surface area contributed by atoms with E-state index in [-0.39, 0.29) is 29.8 Å². The zero-order valence-electron chi connectivity index (χ0n) is 19.7. The Bertz CT molecular complexity index is 1210. The molecule has 3 aromatic rings. The molecule has 1 saturated heterocycles. The summed E-state index contributed by atoms with van der Waals surface area (Å²) >= 11 is 0. The van der Waals surface area contributed by atoms with Crippen molar-refractivity contribution < 1.29 is 27.8 Å². The third kappa shape index (κ3) is 5.54. The van der Waals surface area contributed by atoms with Gasteiger partial charge in [0.25, 0.3) is 5.91 Å². The fourth-order valence-corrected chi connectivity index (χ4v) is 4.27. The molecule has 0 spiro atoms. The Hall–Kier alpha value is -3.24. The molecule has 1 amide bonds. The van der Waals surface area contributed by atoms with Gasteiger partial charge in [0.05, 0.1) is 24.4 Å². The van der Waals surface area contributed by atoms with Crippen molar-refractivity contribution in [3.05, 3.63) is 60.0 Å². The minimum absolute atomic E-state index is 0.0383.